The number of carbonyl (C=O) groups is 1. The molecule has 0 radical (unpaired) electrons. The first-order chi connectivity index (χ1) is 8.96. The maximum Gasteiger partial charge on any atom is 0.179 e. The Kier molecular flexibility index (Phi) is 6.08. The monoisotopic (exact) mass is 284 g/mol. The maximum atomic E-state index is 11.8. The quantitative estimate of drug-likeness (QED) is 0.566. The van der Waals surface area contributed by atoms with E-state index in [1.807, 2.05) is 13.0 Å². The Morgan fingerprint density at radius 1 is 1.37 bits per heavy atom. The van der Waals surface area contributed by atoms with Crippen LogP contribution in [0.1, 0.15) is 48.6 Å². The van der Waals surface area contributed by atoms with Gasteiger partial charge in [0.15, 0.2) is 5.78 Å². The Hall–Kier alpha value is -0.800. The fourth-order valence-corrected chi connectivity index (χ4v) is 2.89. The summed E-state index contributed by atoms with van der Waals surface area (Å²) < 4.78 is 2.25. The first kappa shape index (κ1) is 16.3. The summed E-state index contributed by atoms with van der Waals surface area (Å²) in [7, 11) is 0. The van der Waals surface area contributed by atoms with Gasteiger partial charge in [0, 0.05) is 29.5 Å². The molecule has 1 atom stereocenters. The van der Waals surface area contributed by atoms with E-state index in [1.165, 1.54) is 0 Å². The van der Waals surface area contributed by atoms with Gasteiger partial charge in [-0.3, -0.25) is 4.79 Å². The maximum absolute atomic E-state index is 11.8. The lowest BCUT2D eigenvalue weighted by molar-refractivity contribution is 0.102. The van der Waals surface area contributed by atoms with Crippen LogP contribution < -0.4 is 0 Å². The second kappa shape index (κ2) is 7.11. The largest absolute Gasteiger partial charge is 0.344 e. The summed E-state index contributed by atoms with van der Waals surface area (Å²) in [6.45, 7) is 13.7. The summed E-state index contributed by atoms with van der Waals surface area (Å²) in [5.74, 6) is 0.0606. The predicted molar refractivity (Wildman–Crippen MR) is 81.5 cm³/mol. The molecule has 0 fully saturated rings. The summed E-state index contributed by atoms with van der Waals surface area (Å²) in [6.07, 6.45) is 0. The lowest BCUT2D eigenvalue weighted by Crippen LogP contribution is -2.30. The molecule has 1 unspecified atom stereocenters. The summed E-state index contributed by atoms with van der Waals surface area (Å²) >= 11 is 5.66. The highest BCUT2D eigenvalue weighted by Crippen LogP contribution is 2.22. The summed E-state index contributed by atoms with van der Waals surface area (Å²) in [5, 5.41) is 0. The van der Waals surface area contributed by atoms with Crippen LogP contribution in [0, 0.1) is 13.8 Å². The number of hydrogen-bond acceptors (Lipinski definition) is 2. The second-order valence-electron chi connectivity index (χ2n) is 5.05. The second-order valence-corrected chi connectivity index (χ2v) is 5.31. The van der Waals surface area contributed by atoms with Crippen molar-refractivity contribution in [3.8, 4) is 0 Å². The van der Waals surface area contributed by atoms with Crippen molar-refractivity contribution in [2.75, 3.05) is 25.5 Å². The number of Topliss-reactive ketones (excluding diaryl/α,β-unsaturated/α-hetero) is 1. The standard InChI is InChI=1S/C15H25ClN2O/c1-6-17(7-2)10-12(4)18-11(3)8-14(13(18)5)15(19)9-16/h8,12H,6-7,9-10H2,1-5H3. The zero-order valence-electron chi connectivity index (χ0n) is 12.7. The van der Waals surface area contributed by atoms with Crippen molar-refractivity contribution in [2.24, 2.45) is 0 Å². The number of aryl methyl sites for hydroxylation is 1. The van der Waals surface area contributed by atoms with Gasteiger partial charge in [-0.2, -0.15) is 0 Å². The number of ketones is 1. The normalized spacial score (nSPS) is 13.0. The number of aromatic nitrogens is 1. The Morgan fingerprint density at radius 3 is 2.42 bits per heavy atom. The Balaban J connectivity index is 3.00. The highest BCUT2D eigenvalue weighted by Gasteiger charge is 2.19. The number of halogens is 1. The van der Waals surface area contributed by atoms with Crippen molar-refractivity contribution >= 4 is 17.4 Å². The number of likely N-dealkylation sites (N-methyl/N-ethyl adjacent to an activating group) is 1. The molecule has 0 aliphatic carbocycles. The van der Waals surface area contributed by atoms with Gasteiger partial charge >= 0.3 is 0 Å². The zero-order valence-corrected chi connectivity index (χ0v) is 13.4. The van der Waals surface area contributed by atoms with Crippen LogP contribution >= 0.6 is 11.6 Å². The highest BCUT2D eigenvalue weighted by atomic mass is 35.5. The van der Waals surface area contributed by atoms with Crippen LogP contribution in [-0.4, -0.2) is 40.8 Å². The van der Waals surface area contributed by atoms with Gasteiger partial charge in [-0.15, -0.1) is 11.6 Å². The van der Waals surface area contributed by atoms with E-state index >= 15 is 0 Å². The molecule has 0 saturated carbocycles. The van der Waals surface area contributed by atoms with E-state index in [0.29, 0.717) is 6.04 Å². The molecule has 108 valence electrons. The van der Waals surface area contributed by atoms with Crippen LogP contribution in [0.15, 0.2) is 6.07 Å². The van der Waals surface area contributed by atoms with Gasteiger partial charge in [0.2, 0.25) is 0 Å². The number of hydrogen-bond donors (Lipinski definition) is 0. The molecule has 19 heavy (non-hydrogen) atoms. The van der Waals surface area contributed by atoms with E-state index in [-0.39, 0.29) is 11.7 Å². The molecular formula is C15H25ClN2O. The third kappa shape index (κ3) is 3.61. The van der Waals surface area contributed by atoms with Crippen molar-refractivity contribution in [3.05, 3.63) is 23.0 Å². The molecule has 1 heterocycles. The van der Waals surface area contributed by atoms with E-state index in [4.69, 9.17) is 11.6 Å². The smallest absolute Gasteiger partial charge is 0.179 e. The van der Waals surface area contributed by atoms with Gasteiger partial charge in [0.05, 0.1) is 5.88 Å². The number of rotatable bonds is 7. The van der Waals surface area contributed by atoms with Crippen LogP contribution in [0.5, 0.6) is 0 Å². The fourth-order valence-electron chi connectivity index (χ4n) is 2.75. The number of alkyl halides is 1. The molecule has 0 aromatic carbocycles. The van der Waals surface area contributed by atoms with E-state index < -0.39 is 0 Å². The molecule has 0 spiro atoms. The van der Waals surface area contributed by atoms with Crippen LogP contribution in [0.25, 0.3) is 0 Å². The lowest BCUT2D eigenvalue weighted by atomic mass is 10.2. The molecule has 0 N–H and O–H groups in total. The van der Waals surface area contributed by atoms with Crippen molar-refractivity contribution in [1.29, 1.82) is 0 Å². The first-order valence-electron chi connectivity index (χ1n) is 6.96. The molecule has 1 aromatic heterocycles. The van der Waals surface area contributed by atoms with Crippen molar-refractivity contribution in [2.45, 2.75) is 40.7 Å². The molecular weight excluding hydrogens is 260 g/mol. The van der Waals surface area contributed by atoms with Crippen molar-refractivity contribution < 1.29 is 4.79 Å². The van der Waals surface area contributed by atoms with E-state index in [2.05, 4.69) is 37.2 Å². The lowest BCUT2D eigenvalue weighted by Gasteiger charge is -2.26. The van der Waals surface area contributed by atoms with Crippen molar-refractivity contribution in [3.63, 3.8) is 0 Å². The zero-order chi connectivity index (χ0) is 14.6. The summed E-state index contributed by atoms with van der Waals surface area (Å²) in [6, 6.07) is 2.32. The molecule has 3 nitrogen and oxygen atoms in total. The van der Waals surface area contributed by atoms with E-state index in [9.17, 15) is 4.79 Å². The van der Waals surface area contributed by atoms with Crippen molar-refractivity contribution in [1.82, 2.24) is 9.47 Å². The third-order valence-corrected chi connectivity index (χ3v) is 4.01. The van der Waals surface area contributed by atoms with E-state index in [0.717, 1.165) is 36.6 Å². The summed E-state index contributed by atoms with van der Waals surface area (Å²) in [5.41, 5.74) is 2.92. The average molecular weight is 285 g/mol. The minimum absolute atomic E-state index is 0.0102. The molecule has 1 rings (SSSR count). The van der Waals surface area contributed by atoms with Gasteiger partial charge in [-0.05, 0) is 39.9 Å². The Labute approximate surface area is 121 Å². The van der Waals surface area contributed by atoms with Crippen LogP contribution in [0.3, 0.4) is 0 Å². The molecule has 0 saturated heterocycles. The topological polar surface area (TPSA) is 25.2 Å². The predicted octanol–water partition coefficient (Wildman–Crippen LogP) is 3.43. The fraction of sp³-hybridized carbons (Fsp3) is 0.667. The number of nitrogens with zero attached hydrogens (tertiary/aromatic N) is 2. The molecule has 1 aromatic rings. The van der Waals surface area contributed by atoms with Gasteiger partial charge in [-0.25, -0.2) is 0 Å². The molecule has 0 aliphatic rings. The van der Waals surface area contributed by atoms with Gasteiger partial charge in [0.25, 0.3) is 0 Å². The number of carbonyl (C=O) groups excluding carboxylic acids is 1. The first-order valence-corrected chi connectivity index (χ1v) is 7.49. The summed E-state index contributed by atoms with van der Waals surface area (Å²) in [4.78, 5) is 14.2. The Bertz CT molecular complexity index is 436. The van der Waals surface area contributed by atoms with Gasteiger partial charge in [0.1, 0.15) is 0 Å². The van der Waals surface area contributed by atoms with Crippen LogP contribution in [-0.2, 0) is 0 Å². The highest BCUT2D eigenvalue weighted by molar-refractivity contribution is 6.30. The minimum atomic E-state index is 0.0102. The molecule has 0 bridgehead atoms. The van der Waals surface area contributed by atoms with Gasteiger partial charge < -0.3 is 9.47 Å². The average Bonchev–Trinajstić information content (AvgIpc) is 2.70. The minimum Gasteiger partial charge on any atom is -0.344 e. The molecule has 0 aliphatic heterocycles. The van der Waals surface area contributed by atoms with E-state index in [1.54, 1.807) is 0 Å². The molecule has 0 amide bonds. The van der Waals surface area contributed by atoms with Gasteiger partial charge in [-0.1, -0.05) is 13.8 Å². The van der Waals surface area contributed by atoms with Crippen LogP contribution in [0.2, 0.25) is 0 Å². The Morgan fingerprint density at radius 2 is 1.95 bits per heavy atom. The molecule has 4 heteroatoms. The van der Waals surface area contributed by atoms with Crippen LogP contribution in [0.4, 0.5) is 0 Å². The SMILES string of the molecule is CCN(CC)CC(C)n1c(C)cc(C(=O)CCl)c1C. The third-order valence-electron chi connectivity index (χ3n) is 3.76.